The van der Waals surface area contributed by atoms with Crippen molar-refractivity contribution < 1.29 is 9.90 Å². The first-order valence-electron chi connectivity index (χ1n) is 7.10. The molecule has 3 atom stereocenters. The zero-order valence-electron chi connectivity index (χ0n) is 11.5. The van der Waals surface area contributed by atoms with Crippen LogP contribution in [0.2, 0.25) is 0 Å². The summed E-state index contributed by atoms with van der Waals surface area (Å²) in [5, 5.41) is 8.64. The Labute approximate surface area is 105 Å². The molecule has 0 radical (unpaired) electrons. The van der Waals surface area contributed by atoms with Gasteiger partial charge in [0.25, 0.3) is 0 Å². The summed E-state index contributed by atoms with van der Waals surface area (Å²) in [4.78, 5) is 10.5. The normalized spacial score (nSPS) is 38.5. The number of rotatable bonds is 5. The molecule has 0 heterocycles. The molecule has 0 amide bonds. The number of carbonyl (C=O) groups is 1. The molecule has 0 aliphatic heterocycles. The second-order valence-corrected chi connectivity index (χ2v) is 6.95. The van der Waals surface area contributed by atoms with Crippen LogP contribution < -0.4 is 0 Å². The van der Waals surface area contributed by atoms with Crippen molar-refractivity contribution in [2.75, 3.05) is 0 Å². The zero-order valence-corrected chi connectivity index (χ0v) is 11.5. The van der Waals surface area contributed by atoms with Crippen molar-refractivity contribution in [3.8, 4) is 0 Å². The number of carboxylic acids is 1. The highest BCUT2D eigenvalue weighted by atomic mass is 16.4. The lowest BCUT2D eigenvalue weighted by atomic mass is 9.65. The standard InChI is InChI=1S/C15H26O2/c1-14(2)11-8-9-15(14,3)12(10-11)6-4-5-7-13(16)17/h11-12H,4-10H2,1-3H3,(H,16,17). The minimum atomic E-state index is -0.649. The largest absolute Gasteiger partial charge is 0.481 e. The lowest BCUT2D eigenvalue weighted by molar-refractivity contribution is -0.137. The molecule has 2 saturated carbocycles. The summed E-state index contributed by atoms with van der Waals surface area (Å²) < 4.78 is 0. The zero-order chi connectivity index (χ0) is 12.7. The van der Waals surface area contributed by atoms with Crippen molar-refractivity contribution in [1.29, 1.82) is 0 Å². The molecule has 1 N–H and O–H groups in total. The van der Waals surface area contributed by atoms with E-state index in [2.05, 4.69) is 20.8 Å². The summed E-state index contributed by atoms with van der Waals surface area (Å²) in [6.07, 6.45) is 7.71. The van der Waals surface area contributed by atoms with E-state index < -0.39 is 5.97 Å². The summed E-state index contributed by atoms with van der Waals surface area (Å²) >= 11 is 0. The van der Waals surface area contributed by atoms with E-state index in [-0.39, 0.29) is 0 Å². The van der Waals surface area contributed by atoms with E-state index in [1.54, 1.807) is 0 Å². The lowest BCUT2D eigenvalue weighted by Crippen LogP contribution is -2.32. The molecule has 2 bridgehead atoms. The Kier molecular flexibility index (Phi) is 3.26. The maximum absolute atomic E-state index is 10.5. The minimum Gasteiger partial charge on any atom is -0.481 e. The average Bonchev–Trinajstić information content (AvgIpc) is 2.56. The third-order valence-corrected chi connectivity index (χ3v) is 6.17. The van der Waals surface area contributed by atoms with Crippen LogP contribution >= 0.6 is 0 Å². The van der Waals surface area contributed by atoms with Gasteiger partial charge in [0, 0.05) is 6.42 Å². The van der Waals surface area contributed by atoms with Gasteiger partial charge in [-0.1, -0.05) is 27.2 Å². The van der Waals surface area contributed by atoms with Crippen LogP contribution in [0.15, 0.2) is 0 Å². The third-order valence-electron chi connectivity index (χ3n) is 6.17. The van der Waals surface area contributed by atoms with Gasteiger partial charge in [-0.15, -0.1) is 0 Å². The molecule has 98 valence electrons. The molecular weight excluding hydrogens is 212 g/mol. The highest BCUT2D eigenvalue weighted by Crippen LogP contribution is 2.68. The number of hydrogen-bond donors (Lipinski definition) is 1. The van der Waals surface area contributed by atoms with Crippen LogP contribution in [-0.2, 0) is 4.79 Å². The van der Waals surface area contributed by atoms with E-state index in [1.165, 1.54) is 25.7 Å². The fourth-order valence-corrected chi connectivity index (χ4v) is 4.47. The predicted molar refractivity (Wildman–Crippen MR) is 68.8 cm³/mol. The maximum atomic E-state index is 10.5. The van der Waals surface area contributed by atoms with Gasteiger partial charge in [0.15, 0.2) is 0 Å². The van der Waals surface area contributed by atoms with E-state index in [1.807, 2.05) is 0 Å². The Bertz CT molecular complexity index is 308. The second kappa shape index (κ2) is 4.29. The van der Waals surface area contributed by atoms with Gasteiger partial charge in [0.2, 0.25) is 0 Å². The summed E-state index contributed by atoms with van der Waals surface area (Å²) in [7, 11) is 0. The van der Waals surface area contributed by atoms with Crippen molar-refractivity contribution in [2.45, 2.75) is 65.7 Å². The highest BCUT2D eigenvalue weighted by molar-refractivity contribution is 5.66. The van der Waals surface area contributed by atoms with Crippen molar-refractivity contribution in [2.24, 2.45) is 22.7 Å². The van der Waals surface area contributed by atoms with Crippen molar-refractivity contribution in [3.05, 3.63) is 0 Å². The van der Waals surface area contributed by atoms with Crippen LogP contribution in [-0.4, -0.2) is 11.1 Å². The van der Waals surface area contributed by atoms with Crippen LogP contribution in [0.5, 0.6) is 0 Å². The van der Waals surface area contributed by atoms with Crippen LogP contribution in [0, 0.1) is 22.7 Å². The Morgan fingerprint density at radius 3 is 2.47 bits per heavy atom. The number of carboxylic acid groups (broad SMARTS) is 1. The number of fused-ring (bicyclic) bond motifs is 2. The fourth-order valence-electron chi connectivity index (χ4n) is 4.47. The van der Waals surface area contributed by atoms with Gasteiger partial charge in [0.1, 0.15) is 0 Å². The smallest absolute Gasteiger partial charge is 0.303 e. The molecular formula is C15H26O2. The molecule has 3 unspecified atom stereocenters. The number of hydrogen-bond acceptors (Lipinski definition) is 1. The van der Waals surface area contributed by atoms with Gasteiger partial charge in [-0.05, 0) is 54.8 Å². The number of aliphatic carboxylic acids is 1. The molecule has 2 fully saturated rings. The Balaban J connectivity index is 1.86. The topological polar surface area (TPSA) is 37.3 Å². The van der Waals surface area contributed by atoms with Crippen molar-refractivity contribution in [1.82, 2.24) is 0 Å². The monoisotopic (exact) mass is 238 g/mol. The van der Waals surface area contributed by atoms with Crippen LogP contribution in [0.3, 0.4) is 0 Å². The lowest BCUT2D eigenvalue weighted by Gasteiger charge is -2.39. The highest BCUT2D eigenvalue weighted by Gasteiger charge is 2.60. The van der Waals surface area contributed by atoms with Gasteiger partial charge in [-0.2, -0.15) is 0 Å². The third kappa shape index (κ3) is 2.00. The van der Waals surface area contributed by atoms with Gasteiger partial charge in [0.05, 0.1) is 0 Å². The second-order valence-electron chi connectivity index (χ2n) is 6.95. The SMILES string of the molecule is CC1(C)C2CCC1(C)C(CCCCC(=O)O)C2. The molecule has 0 aromatic rings. The van der Waals surface area contributed by atoms with E-state index >= 15 is 0 Å². The van der Waals surface area contributed by atoms with Gasteiger partial charge in [-0.25, -0.2) is 0 Å². The van der Waals surface area contributed by atoms with Crippen LogP contribution in [0.4, 0.5) is 0 Å². The maximum Gasteiger partial charge on any atom is 0.303 e. The molecule has 0 aromatic heterocycles. The fraction of sp³-hybridized carbons (Fsp3) is 0.933. The van der Waals surface area contributed by atoms with Crippen LogP contribution in [0.1, 0.15) is 65.7 Å². The van der Waals surface area contributed by atoms with Gasteiger partial charge in [-0.3, -0.25) is 4.79 Å². The van der Waals surface area contributed by atoms with Crippen molar-refractivity contribution >= 4 is 5.97 Å². The quantitative estimate of drug-likeness (QED) is 0.732. The molecule has 2 rings (SSSR count). The van der Waals surface area contributed by atoms with E-state index in [4.69, 9.17) is 5.11 Å². The Hall–Kier alpha value is -0.530. The Morgan fingerprint density at radius 1 is 1.29 bits per heavy atom. The van der Waals surface area contributed by atoms with Crippen LogP contribution in [0.25, 0.3) is 0 Å². The predicted octanol–water partition coefficient (Wildman–Crippen LogP) is 4.09. The minimum absolute atomic E-state index is 0.344. The molecule has 0 spiro atoms. The molecule has 0 saturated heterocycles. The first kappa shape index (κ1) is 12.9. The van der Waals surface area contributed by atoms with Gasteiger partial charge >= 0.3 is 5.97 Å². The van der Waals surface area contributed by atoms with Gasteiger partial charge < -0.3 is 5.11 Å². The summed E-state index contributed by atoms with van der Waals surface area (Å²) in [5.41, 5.74) is 1.02. The molecule has 17 heavy (non-hydrogen) atoms. The Morgan fingerprint density at radius 2 is 2.00 bits per heavy atom. The number of unbranched alkanes of at least 4 members (excludes halogenated alkanes) is 1. The molecule has 2 aliphatic rings. The first-order valence-corrected chi connectivity index (χ1v) is 7.10. The summed E-state index contributed by atoms with van der Waals surface area (Å²) in [6, 6.07) is 0. The summed E-state index contributed by atoms with van der Waals surface area (Å²) in [6.45, 7) is 7.37. The average molecular weight is 238 g/mol. The van der Waals surface area contributed by atoms with E-state index in [0.29, 0.717) is 17.3 Å². The molecule has 2 aliphatic carbocycles. The van der Waals surface area contributed by atoms with E-state index in [9.17, 15) is 4.79 Å². The molecule has 2 nitrogen and oxygen atoms in total. The van der Waals surface area contributed by atoms with E-state index in [0.717, 1.165) is 24.7 Å². The summed E-state index contributed by atoms with van der Waals surface area (Å²) in [5.74, 6) is 1.10. The molecule has 0 aromatic carbocycles. The van der Waals surface area contributed by atoms with Crippen molar-refractivity contribution in [3.63, 3.8) is 0 Å². The molecule has 2 heteroatoms. The first-order chi connectivity index (χ1) is 7.88.